The average molecular weight is 342 g/mol. The van der Waals surface area contributed by atoms with Gasteiger partial charge in [0.1, 0.15) is 12.3 Å². The molecule has 1 aromatic carbocycles. The fraction of sp³-hybridized carbons (Fsp3) is 0.647. The third kappa shape index (κ3) is 1.50. The minimum atomic E-state index is -1.10. The number of likely N-dealkylation sites (N-methyl/N-ethyl adjacent to an activating group) is 1. The summed E-state index contributed by atoms with van der Waals surface area (Å²) in [7, 11) is 2.04. The number of phenols is 1. The number of ether oxygens (including phenoxy) is 1. The van der Waals surface area contributed by atoms with E-state index in [9.17, 15) is 14.6 Å². The van der Waals surface area contributed by atoms with Gasteiger partial charge in [0, 0.05) is 11.6 Å². The number of phenolic OH excluding ortho intramolecular Hbond substituents is 1. The molecular weight excluding hydrogens is 321 g/mol. The van der Waals surface area contributed by atoms with E-state index in [1.54, 1.807) is 6.07 Å². The summed E-state index contributed by atoms with van der Waals surface area (Å²) in [6.07, 6.45) is 0.400. The first-order valence-electron chi connectivity index (χ1n) is 8.08. The summed E-state index contributed by atoms with van der Waals surface area (Å²) in [4.78, 5) is 2.20. The maximum Gasteiger partial charge on any atom is 0.165 e. The van der Waals surface area contributed by atoms with Crippen molar-refractivity contribution < 1.29 is 19.3 Å². The van der Waals surface area contributed by atoms with Crippen LogP contribution in [0.25, 0.3) is 0 Å². The number of halogens is 2. The van der Waals surface area contributed by atoms with E-state index in [2.05, 4.69) is 4.90 Å². The van der Waals surface area contributed by atoms with Crippen molar-refractivity contribution in [1.82, 2.24) is 4.90 Å². The molecule has 23 heavy (non-hydrogen) atoms. The number of aromatic hydroxyl groups is 1. The van der Waals surface area contributed by atoms with Gasteiger partial charge in [-0.3, -0.25) is 0 Å². The van der Waals surface area contributed by atoms with Crippen LogP contribution < -0.4 is 4.74 Å². The number of piperidine rings is 1. The Kier molecular flexibility index (Phi) is 3.05. The first kappa shape index (κ1) is 15.5. The van der Waals surface area contributed by atoms with Crippen molar-refractivity contribution in [2.45, 2.75) is 55.0 Å². The second-order valence-corrected chi connectivity index (χ2v) is 7.39. The third-order valence-corrected chi connectivity index (χ3v) is 6.66. The number of aliphatic hydroxyl groups is 1. The molecule has 2 heterocycles. The summed E-state index contributed by atoms with van der Waals surface area (Å²) in [5.74, 6) is 0.475. The van der Waals surface area contributed by atoms with Crippen molar-refractivity contribution in [2.75, 3.05) is 13.6 Å². The number of benzene rings is 1. The van der Waals surface area contributed by atoms with Crippen LogP contribution in [0.2, 0.25) is 0 Å². The molecule has 2 N–H and O–H groups in total. The van der Waals surface area contributed by atoms with E-state index < -0.39 is 23.3 Å². The molecule has 1 spiro atoms. The highest BCUT2D eigenvalue weighted by Crippen LogP contribution is 2.65. The molecule has 5 atom stereocenters. The largest absolute Gasteiger partial charge is 0.504 e. The minimum Gasteiger partial charge on any atom is -0.504 e. The van der Waals surface area contributed by atoms with Gasteiger partial charge in [0.05, 0.1) is 11.0 Å². The van der Waals surface area contributed by atoms with Crippen molar-refractivity contribution >= 4 is 12.4 Å². The molecule has 5 rings (SSSR count). The predicted octanol–water partition coefficient (Wildman–Crippen LogP) is 1.94. The van der Waals surface area contributed by atoms with Crippen LogP contribution in [0.1, 0.15) is 30.4 Å². The van der Waals surface area contributed by atoms with Crippen LogP contribution in [-0.4, -0.2) is 52.6 Å². The molecule has 0 aromatic heterocycles. The van der Waals surface area contributed by atoms with Gasteiger partial charge in [-0.25, -0.2) is 4.39 Å². The molecule has 126 valence electrons. The molecule has 2 aliphatic carbocycles. The second-order valence-electron chi connectivity index (χ2n) is 7.39. The smallest absolute Gasteiger partial charge is 0.165 e. The summed E-state index contributed by atoms with van der Waals surface area (Å²) in [5, 5.41) is 21.8. The quantitative estimate of drug-likeness (QED) is 0.757. The molecule has 1 saturated carbocycles. The van der Waals surface area contributed by atoms with E-state index in [4.69, 9.17) is 4.74 Å². The molecule has 0 amide bonds. The summed E-state index contributed by atoms with van der Waals surface area (Å²) < 4.78 is 20.6. The Morgan fingerprint density at radius 1 is 1.35 bits per heavy atom. The van der Waals surface area contributed by atoms with Crippen LogP contribution in [-0.2, 0) is 11.8 Å². The van der Waals surface area contributed by atoms with Crippen LogP contribution in [0.3, 0.4) is 0 Å². The highest BCUT2D eigenvalue weighted by atomic mass is 35.5. The van der Waals surface area contributed by atoms with Crippen LogP contribution >= 0.6 is 12.4 Å². The molecule has 4 aliphatic rings. The first-order valence-corrected chi connectivity index (χ1v) is 8.08. The maximum atomic E-state index is 14.7. The van der Waals surface area contributed by atoms with Gasteiger partial charge in [-0.05, 0) is 50.9 Å². The van der Waals surface area contributed by atoms with E-state index in [1.807, 2.05) is 13.1 Å². The molecule has 1 saturated heterocycles. The predicted molar refractivity (Wildman–Crippen MR) is 85.3 cm³/mol. The molecule has 2 fully saturated rings. The van der Waals surface area contributed by atoms with Gasteiger partial charge in [-0.2, -0.15) is 0 Å². The minimum absolute atomic E-state index is 0. The number of hydrogen-bond acceptors (Lipinski definition) is 4. The monoisotopic (exact) mass is 341 g/mol. The normalized spacial score (nSPS) is 43.3. The maximum absolute atomic E-state index is 14.7. The summed E-state index contributed by atoms with van der Waals surface area (Å²) in [6.45, 7) is 0.814. The number of alkyl halides is 1. The van der Waals surface area contributed by atoms with Crippen LogP contribution in [0.15, 0.2) is 12.1 Å². The van der Waals surface area contributed by atoms with Crippen molar-refractivity contribution in [3.8, 4) is 11.5 Å². The van der Waals surface area contributed by atoms with E-state index in [-0.39, 0.29) is 24.2 Å². The molecule has 2 aliphatic heterocycles. The zero-order chi connectivity index (χ0) is 15.3. The fourth-order valence-corrected chi connectivity index (χ4v) is 5.69. The van der Waals surface area contributed by atoms with Gasteiger partial charge in [-0.15, -0.1) is 12.4 Å². The lowest BCUT2D eigenvalue weighted by atomic mass is 9.49. The number of likely N-dealkylation sites (tertiary alicyclic amines) is 1. The standard InChI is InChI=1S/C17H20FNO3.ClH/c1-19-7-6-16-13-9-2-3-11(20)14(13)22-15(16)10(18)4-5-17(16,21)12(19)8-9;/h2-3,10,12,15,20-21H,4-8H2,1H3;1H/t10-,12-,15+,16+,17?;/m1./s1. The van der Waals surface area contributed by atoms with Gasteiger partial charge < -0.3 is 19.8 Å². The van der Waals surface area contributed by atoms with Crippen LogP contribution in [0, 0.1) is 0 Å². The summed E-state index contributed by atoms with van der Waals surface area (Å²) in [6, 6.07) is 3.54. The molecule has 1 aromatic rings. The van der Waals surface area contributed by atoms with Gasteiger partial charge in [0.25, 0.3) is 0 Å². The second kappa shape index (κ2) is 4.52. The lowest BCUT2D eigenvalue weighted by Gasteiger charge is -2.62. The van der Waals surface area contributed by atoms with Crippen LogP contribution in [0.4, 0.5) is 4.39 Å². The van der Waals surface area contributed by atoms with Gasteiger partial charge >= 0.3 is 0 Å². The van der Waals surface area contributed by atoms with Gasteiger partial charge in [0.2, 0.25) is 0 Å². The highest BCUT2D eigenvalue weighted by Gasteiger charge is 2.72. The topological polar surface area (TPSA) is 52.9 Å². The van der Waals surface area contributed by atoms with E-state index in [1.165, 1.54) is 0 Å². The number of rotatable bonds is 0. The molecule has 6 heteroatoms. The van der Waals surface area contributed by atoms with Crippen molar-refractivity contribution in [3.05, 3.63) is 23.3 Å². The summed E-state index contributed by atoms with van der Waals surface area (Å²) >= 11 is 0. The Morgan fingerprint density at radius 3 is 2.91 bits per heavy atom. The molecular formula is C17H21ClFNO3. The van der Waals surface area contributed by atoms with Crippen molar-refractivity contribution in [1.29, 1.82) is 0 Å². The molecule has 2 bridgehead atoms. The van der Waals surface area contributed by atoms with Crippen LogP contribution in [0.5, 0.6) is 11.5 Å². The number of nitrogens with zero attached hydrogens (tertiary/aromatic N) is 1. The lowest BCUT2D eigenvalue weighted by Crippen LogP contribution is -2.76. The number of hydrogen-bond donors (Lipinski definition) is 2. The molecule has 0 radical (unpaired) electrons. The Balaban J connectivity index is 0.00000135. The van der Waals surface area contributed by atoms with Crippen molar-refractivity contribution in [2.24, 2.45) is 0 Å². The highest BCUT2D eigenvalue weighted by molar-refractivity contribution is 5.85. The Labute approximate surface area is 140 Å². The SMILES string of the molecule is CN1CC[C@]23c4c5ccc(O)c4O[C@H]2[C@H](F)CCC3(O)[C@H]1C5.Cl. The zero-order valence-electron chi connectivity index (χ0n) is 13.0. The lowest BCUT2D eigenvalue weighted by molar-refractivity contribution is -0.195. The van der Waals surface area contributed by atoms with Crippen molar-refractivity contribution in [3.63, 3.8) is 0 Å². The Hall–Kier alpha value is -1.04. The Morgan fingerprint density at radius 2 is 2.13 bits per heavy atom. The average Bonchev–Trinajstić information content (AvgIpc) is 2.85. The van der Waals surface area contributed by atoms with Gasteiger partial charge in [-0.1, -0.05) is 6.07 Å². The van der Waals surface area contributed by atoms with E-state index >= 15 is 0 Å². The fourth-order valence-electron chi connectivity index (χ4n) is 5.69. The third-order valence-electron chi connectivity index (χ3n) is 6.66. The van der Waals surface area contributed by atoms with Gasteiger partial charge in [0.15, 0.2) is 11.5 Å². The molecule has 1 unspecified atom stereocenters. The van der Waals surface area contributed by atoms with E-state index in [0.29, 0.717) is 25.0 Å². The zero-order valence-corrected chi connectivity index (χ0v) is 13.8. The molecule has 4 nitrogen and oxygen atoms in total. The Bertz CT molecular complexity index is 686. The summed E-state index contributed by atoms with van der Waals surface area (Å²) in [5.41, 5.74) is 0.292. The first-order chi connectivity index (χ1) is 10.5. The van der Waals surface area contributed by atoms with E-state index in [0.717, 1.165) is 24.1 Å².